The van der Waals surface area contributed by atoms with E-state index in [1.807, 2.05) is 30.2 Å². The highest BCUT2D eigenvalue weighted by atomic mass is 31.1. The third-order valence-corrected chi connectivity index (χ3v) is 7.29. The second kappa shape index (κ2) is 10.9. The summed E-state index contributed by atoms with van der Waals surface area (Å²) < 4.78 is 5.34. The lowest BCUT2D eigenvalue weighted by atomic mass is 10.0. The average molecular weight is 439 g/mol. The van der Waals surface area contributed by atoms with E-state index in [0.29, 0.717) is 8.58 Å². The number of aryl methyl sites for hydroxylation is 1. The number of hydrogen-bond donors (Lipinski definition) is 1. The molecule has 0 spiro atoms. The van der Waals surface area contributed by atoms with Crippen molar-refractivity contribution in [1.82, 2.24) is 10.2 Å². The number of amides is 1. The molecule has 3 aliphatic rings. The molecule has 1 N–H and O–H groups in total. The molecule has 2 unspecified atom stereocenters. The topological polar surface area (TPSA) is 41.6 Å². The van der Waals surface area contributed by atoms with Gasteiger partial charge in [-0.25, -0.2) is 0 Å². The molecule has 1 amide bonds. The lowest BCUT2D eigenvalue weighted by molar-refractivity contribution is -0.123. The Kier molecular flexibility index (Phi) is 8.28. The second-order valence-electron chi connectivity index (χ2n) is 8.52. The lowest BCUT2D eigenvalue weighted by Crippen LogP contribution is -2.36. The van der Waals surface area contributed by atoms with Crippen LogP contribution in [0, 0.1) is 12.8 Å². The Morgan fingerprint density at radius 1 is 1.32 bits per heavy atom. The molecule has 2 atom stereocenters. The molecule has 5 heteroatoms. The quantitative estimate of drug-likeness (QED) is 0.621. The molecule has 1 aromatic rings. The number of nitrogens with one attached hydrogen (secondary N) is 1. The van der Waals surface area contributed by atoms with Crippen molar-refractivity contribution in [2.75, 3.05) is 20.2 Å². The standard InChI is InChI=1S/C21H23N2O2P.C5H12/c1-14-10-15(5-7-18(14)25-2)19-11-20(24)23-13-17(6-8-21(23)26-19)16-4-3-9-22-12-16;1-4-5(2)3/h4-8,10-11,13,21-22,26H,3,9,12H2,1-2H3;5H,4H2,1-3H3. The Balaban J connectivity index is 0.000000491. The minimum atomic E-state index is 0.0587. The molecular weight excluding hydrogens is 403 g/mol. The summed E-state index contributed by atoms with van der Waals surface area (Å²) in [7, 11) is 2.22. The Morgan fingerprint density at radius 2 is 2.10 bits per heavy atom. The van der Waals surface area contributed by atoms with E-state index in [1.54, 1.807) is 13.2 Å². The smallest absolute Gasteiger partial charge is 0.252 e. The number of methoxy groups -OCH3 is 1. The highest BCUT2D eigenvalue weighted by Crippen LogP contribution is 2.45. The van der Waals surface area contributed by atoms with Gasteiger partial charge in [-0.15, -0.1) is 0 Å². The molecule has 0 fully saturated rings. The molecule has 166 valence electrons. The predicted molar refractivity (Wildman–Crippen MR) is 133 cm³/mol. The fourth-order valence-electron chi connectivity index (χ4n) is 3.54. The van der Waals surface area contributed by atoms with Gasteiger partial charge in [-0.2, -0.15) is 0 Å². The summed E-state index contributed by atoms with van der Waals surface area (Å²) in [6, 6.07) is 6.12. The van der Waals surface area contributed by atoms with E-state index < -0.39 is 0 Å². The predicted octanol–water partition coefficient (Wildman–Crippen LogP) is 5.62. The number of hydrogen-bond acceptors (Lipinski definition) is 3. The molecular formula is C26H35N2O2P. The molecule has 0 saturated carbocycles. The largest absolute Gasteiger partial charge is 0.496 e. The van der Waals surface area contributed by atoms with E-state index in [0.717, 1.165) is 53.2 Å². The highest BCUT2D eigenvalue weighted by Gasteiger charge is 2.29. The van der Waals surface area contributed by atoms with Crippen molar-refractivity contribution >= 4 is 19.8 Å². The van der Waals surface area contributed by atoms with Gasteiger partial charge in [0.25, 0.3) is 5.91 Å². The first-order valence-corrected chi connectivity index (χ1v) is 12.3. The maximum absolute atomic E-state index is 12.8. The molecule has 0 aliphatic carbocycles. The van der Waals surface area contributed by atoms with Crippen LogP contribution < -0.4 is 10.1 Å². The molecule has 0 bridgehead atoms. The monoisotopic (exact) mass is 438 g/mol. The van der Waals surface area contributed by atoms with Crippen LogP contribution in [0.2, 0.25) is 0 Å². The SMILES string of the molecule is CCC(C)C.COc1ccc(C2=CC(=O)N3C=C(C4=CCCNC4)C=CC3P2)cc1C. The van der Waals surface area contributed by atoms with Gasteiger partial charge >= 0.3 is 0 Å². The second-order valence-corrected chi connectivity index (χ2v) is 9.94. The van der Waals surface area contributed by atoms with Crippen LogP contribution in [0.4, 0.5) is 0 Å². The van der Waals surface area contributed by atoms with Crippen LogP contribution in [-0.2, 0) is 4.79 Å². The Bertz CT molecular complexity index is 927. The normalized spacial score (nSPS) is 21.1. The average Bonchev–Trinajstić information content (AvgIpc) is 2.79. The third kappa shape index (κ3) is 5.96. The third-order valence-electron chi connectivity index (χ3n) is 5.78. The number of ether oxygens (including phenoxy) is 1. The van der Waals surface area contributed by atoms with Crippen LogP contribution in [0.3, 0.4) is 0 Å². The van der Waals surface area contributed by atoms with Crippen molar-refractivity contribution in [1.29, 1.82) is 0 Å². The first-order valence-electron chi connectivity index (χ1n) is 11.2. The van der Waals surface area contributed by atoms with Crippen LogP contribution in [0.1, 0.15) is 44.7 Å². The minimum Gasteiger partial charge on any atom is -0.496 e. The minimum absolute atomic E-state index is 0.0587. The molecule has 4 rings (SSSR count). The van der Waals surface area contributed by atoms with E-state index in [4.69, 9.17) is 4.74 Å². The summed E-state index contributed by atoms with van der Waals surface area (Å²) in [5.41, 5.74) is 4.62. The fraction of sp³-hybridized carbons (Fsp3) is 0.423. The van der Waals surface area contributed by atoms with E-state index in [2.05, 4.69) is 50.4 Å². The molecule has 4 nitrogen and oxygen atoms in total. The van der Waals surface area contributed by atoms with Crippen molar-refractivity contribution in [2.24, 2.45) is 5.92 Å². The van der Waals surface area contributed by atoms with Gasteiger partial charge < -0.3 is 15.0 Å². The summed E-state index contributed by atoms with van der Waals surface area (Å²) in [4.78, 5) is 14.6. The zero-order valence-corrected chi connectivity index (χ0v) is 20.4. The molecule has 1 aromatic carbocycles. The van der Waals surface area contributed by atoms with Gasteiger partial charge in [0.15, 0.2) is 0 Å². The Morgan fingerprint density at radius 3 is 2.71 bits per heavy atom. The first kappa shape index (κ1) is 23.5. The van der Waals surface area contributed by atoms with E-state index in [1.165, 1.54) is 12.0 Å². The van der Waals surface area contributed by atoms with Gasteiger partial charge in [0.05, 0.1) is 12.9 Å². The first-order chi connectivity index (χ1) is 14.9. The van der Waals surface area contributed by atoms with Crippen molar-refractivity contribution in [2.45, 2.75) is 46.3 Å². The van der Waals surface area contributed by atoms with Crippen molar-refractivity contribution in [3.63, 3.8) is 0 Å². The molecule has 0 aromatic heterocycles. The number of carbonyl (C=O) groups is 1. The molecule has 0 radical (unpaired) electrons. The van der Waals surface area contributed by atoms with Crippen LogP contribution in [0.15, 0.2) is 59.8 Å². The summed E-state index contributed by atoms with van der Waals surface area (Å²) in [6.45, 7) is 10.6. The maximum Gasteiger partial charge on any atom is 0.252 e. The van der Waals surface area contributed by atoms with Gasteiger partial charge in [-0.05, 0) is 65.5 Å². The number of fused-ring (bicyclic) bond motifs is 1. The van der Waals surface area contributed by atoms with E-state index >= 15 is 0 Å². The molecule has 3 heterocycles. The van der Waals surface area contributed by atoms with Gasteiger partial charge in [0.2, 0.25) is 0 Å². The Labute approximate surface area is 188 Å². The lowest BCUT2D eigenvalue weighted by Gasteiger charge is -2.34. The number of benzene rings is 1. The van der Waals surface area contributed by atoms with Crippen molar-refractivity contribution in [3.05, 3.63) is 71.0 Å². The van der Waals surface area contributed by atoms with E-state index in [-0.39, 0.29) is 11.7 Å². The molecule has 0 saturated heterocycles. The number of nitrogens with zero attached hydrogens (tertiary/aromatic N) is 1. The van der Waals surface area contributed by atoms with Gasteiger partial charge in [0.1, 0.15) is 5.75 Å². The zero-order valence-electron chi connectivity index (χ0n) is 19.4. The number of carbonyl (C=O) groups excluding carboxylic acids is 1. The summed E-state index contributed by atoms with van der Waals surface area (Å²) in [5, 5.41) is 4.50. The molecule has 31 heavy (non-hydrogen) atoms. The summed E-state index contributed by atoms with van der Waals surface area (Å²) >= 11 is 0. The maximum atomic E-state index is 12.8. The van der Waals surface area contributed by atoms with Crippen LogP contribution in [0.25, 0.3) is 5.31 Å². The van der Waals surface area contributed by atoms with Crippen LogP contribution in [-0.4, -0.2) is 36.8 Å². The Hall–Kier alpha value is -2.16. The summed E-state index contributed by atoms with van der Waals surface area (Å²) in [5.74, 6) is 1.94. The summed E-state index contributed by atoms with van der Waals surface area (Å²) in [6.07, 6.45) is 12.8. The van der Waals surface area contributed by atoms with Gasteiger partial charge in [0, 0.05) is 18.8 Å². The highest BCUT2D eigenvalue weighted by molar-refractivity contribution is 7.51. The fourth-order valence-corrected chi connectivity index (χ4v) is 4.93. The van der Waals surface area contributed by atoms with Crippen LogP contribution in [0.5, 0.6) is 5.75 Å². The van der Waals surface area contributed by atoms with Crippen LogP contribution >= 0.6 is 8.58 Å². The zero-order chi connectivity index (χ0) is 22.4. The van der Waals surface area contributed by atoms with Gasteiger partial charge in [-0.3, -0.25) is 4.79 Å². The van der Waals surface area contributed by atoms with Gasteiger partial charge in [-0.1, -0.05) is 60.1 Å². The van der Waals surface area contributed by atoms with Crippen molar-refractivity contribution in [3.8, 4) is 5.75 Å². The molecule has 3 aliphatic heterocycles. The number of allylic oxidation sites excluding steroid dienone is 1. The number of rotatable bonds is 4. The van der Waals surface area contributed by atoms with Crippen molar-refractivity contribution < 1.29 is 9.53 Å². The van der Waals surface area contributed by atoms with E-state index in [9.17, 15) is 4.79 Å².